The molecule has 2 aromatic carbocycles. The van der Waals surface area contributed by atoms with Crippen LogP contribution in [0.3, 0.4) is 0 Å². The molecule has 3 rings (SSSR count). The number of hydrogen-bond donors (Lipinski definition) is 2. The monoisotopic (exact) mass is 490 g/mol. The number of halogens is 2. The molecule has 2 N–H and O–H groups in total. The van der Waals surface area contributed by atoms with Crippen molar-refractivity contribution >= 4 is 35.0 Å². The van der Waals surface area contributed by atoms with E-state index in [4.69, 9.17) is 23.2 Å². The first-order valence-corrected chi connectivity index (χ1v) is 12.0. The van der Waals surface area contributed by atoms with Gasteiger partial charge in [0.15, 0.2) is 0 Å². The van der Waals surface area contributed by atoms with Gasteiger partial charge < -0.3 is 10.6 Å². The minimum Gasteiger partial charge on any atom is -0.348 e. The number of hydrogen-bond acceptors (Lipinski definition) is 4. The third-order valence-corrected chi connectivity index (χ3v) is 6.75. The summed E-state index contributed by atoms with van der Waals surface area (Å²) >= 11 is 12.5. The van der Waals surface area contributed by atoms with Crippen LogP contribution in [0.4, 0.5) is 0 Å². The van der Waals surface area contributed by atoms with Gasteiger partial charge in [-0.3, -0.25) is 19.4 Å². The molecular weight excluding hydrogens is 459 g/mol. The van der Waals surface area contributed by atoms with Gasteiger partial charge in [0.05, 0.1) is 25.2 Å². The number of piperazine rings is 1. The minimum absolute atomic E-state index is 0.0330. The van der Waals surface area contributed by atoms with Crippen molar-refractivity contribution in [1.82, 2.24) is 20.4 Å². The van der Waals surface area contributed by atoms with E-state index < -0.39 is 0 Å². The van der Waals surface area contributed by atoms with Crippen LogP contribution in [-0.2, 0) is 9.59 Å². The average Bonchev–Trinajstić information content (AvgIpc) is 2.76. The van der Waals surface area contributed by atoms with E-state index in [2.05, 4.69) is 27.4 Å². The highest BCUT2D eigenvalue weighted by Gasteiger charge is 2.27. The summed E-state index contributed by atoms with van der Waals surface area (Å²) in [6, 6.07) is 14.9. The summed E-state index contributed by atoms with van der Waals surface area (Å²) in [5.74, 6) is -0.0663. The first-order valence-electron chi connectivity index (χ1n) is 11.3. The maximum atomic E-state index is 12.6. The summed E-state index contributed by atoms with van der Waals surface area (Å²) in [5, 5.41) is 7.36. The van der Waals surface area contributed by atoms with Crippen LogP contribution in [0, 0.1) is 0 Å². The fraction of sp³-hybridized carbons (Fsp3) is 0.440. The number of amides is 2. The summed E-state index contributed by atoms with van der Waals surface area (Å²) in [6.07, 6.45) is 0. The number of carbonyl (C=O) groups is 2. The molecule has 33 heavy (non-hydrogen) atoms. The first-order chi connectivity index (χ1) is 15.7. The molecule has 2 amide bonds. The Kier molecular flexibility index (Phi) is 9.15. The molecule has 1 aliphatic rings. The third kappa shape index (κ3) is 7.18. The van der Waals surface area contributed by atoms with E-state index in [1.807, 2.05) is 62.4 Å². The van der Waals surface area contributed by atoms with Crippen LogP contribution in [-0.4, -0.2) is 60.4 Å². The molecule has 2 aromatic rings. The molecular formula is C25H32Cl2N4O2. The Hall–Kier alpha value is -2.12. The van der Waals surface area contributed by atoms with Gasteiger partial charge in [-0.1, -0.05) is 59.6 Å². The summed E-state index contributed by atoms with van der Waals surface area (Å²) in [7, 11) is 0. The van der Waals surface area contributed by atoms with Crippen LogP contribution >= 0.6 is 23.2 Å². The number of carbonyl (C=O) groups excluding carboxylic acids is 2. The number of nitrogens with one attached hydrogen (secondary N) is 2. The van der Waals surface area contributed by atoms with Crippen molar-refractivity contribution in [2.75, 3.05) is 32.7 Å². The lowest BCUT2D eigenvalue weighted by Gasteiger charge is -2.39. The van der Waals surface area contributed by atoms with E-state index in [1.165, 1.54) is 0 Å². The SMILES string of the molecule is CC(NC(=O)CN1CCN(CC(=O)NC(C)c2ccccc2Cl)C(C)C1)c1ccccc1Cl. The fourth-order valence-corrected chi connectivity index (χ4v) is 4.82. The van der Waals surface area contributed by atoms with Gasteiger partial charge in [0, 0.05) is 35.7 Å². The predicted molar refractivity (Wildman–Crippen MR) is 133 cm³/mol. The van der Waals surface area contributed by atoms with Crippen molar-refractivity contribution in [3.05, 3.63) is 69.7 Å². The third-order valence-electron chi connectivity index (χ3n) is 6.06. The Morgan fingerprint density at radius 3 is 1.85 bits per heavy atom. The van der Waals surface area contributed by atoms with Crippen molar-refractivity contribution in [2.24, 2.45) is 0 Å². The molecule has 1 fully saturated rings. The van der Waals surface area contributed by atoms with Crippen LogP contribution in [0.1, 0.15) is 44.0 Å². The number of benzene rings is 2. The summed E-state index contributed by atoms with van der Waals surface area (Å²) in [6.45, 7) is 8.77. The Morgan fingerprint density at radius 1 is 0.879 bits per heavy atom. The normalized spacial score (nSPS) is 19.0. The molecule has 1 aliphatic heterocycles. The minimum atomic E-state index is -0.161. The van der Waals surface area contributed by atoms with Gasteiger partial charge in [0.1, 0.15) is 0 Å². The lowest BCUT2D eigenvalue weighted by atomic mass is 10.1. The van der Waals surface area contributed by atoms with Gasteiger partial charge in [-0.05, 0) is 44.0 Å². The van der Waals surface area contributed by atoms with E-state index in [1.54, 1.807) is 0 Å². The quantitative estimate of drug-likeness (QED) is 0.585. The molecule has 1 saturated heterocycles. The molecule has 6 nitrogen and oxygen atoms in total. The molecule has 0 spiro atoms. The van der Waals surface area contributed by atoms with Crippen molar-refractivity contribution in [3.63, 3.8) is 0 Å². The van der Waals surface area contributed by atoms with E-state index in [9.17, 15) is 9.59 Å². The van der Waals surface area contributed by atoms with E-state index in [0.29, 0.717) is 23.1 Å². The summed E-state index contributed by atoms with van der Waals surface area (Å²) in [4.78, 5) is 29.5. The predicted octanol–water partition coefficient (Wildman–Crippen LogP) is 4.05. The van der Waals surface area contributed by atoms with E-state index in [0.717, 1.165) is 30.8 Å². The molecule has 0 aromatic heterocycles. The maximum absolute atomic E-state index is 12.6. The van der Waals surface area contributed by atoms with Crippen LogP contribution < -0.4 is 10.6 Å². The van der Waals surface area contributed by atoms with Crippen molar-refractivity contribution in [3.8, 4) is 0 Å². The zero-order chi connectivity index (χ0) is 24.0. The number of nitrogens with zero attached hydrogens (tertiary/aromatic N) is 2. The molecule has 3 unspecified atom stereocenters. The van der Waals surface area contributed by atoms with Crippen LogP contribution in [0.15, 0.2) is 48.5 Å². The number of rotatable bonds is 8. The standard InChI is InChI=1S/C25H32Cl2N4O2/c1-17-14-30(15-24(32)28-18(2)20-8-4-6-10-22(20)26)12-13-31(17)16-25(33)29-19(3)21-9-5-7-11-23(21)27/h4-11,17-19H,12-16H2,1-3H3,(H,28,32)(H,29,33). The second kappa shape index (κ2) is 11.8. The molecule has 1 heterocycles. The summed E-state index contributed by atoms with van der Waals surface area (Å²) < 4.78 is 0. The van der Waals surface area contributed by atoms with Crippen molar-refractivity contribution < 1.29 is 9.59 Å². The smallest absolute Gasteiger partial charge is 0.234 e. The topological polar surface area (TPSA) is 64.7 Å². The van der Waals surface area contributed by atoms with Gasteiger partial charge in [0.25, 0.3) is 0 Å². The van der Waals surface area contributed by atoms with Crippen LogP contribution in [0.5, 0.6) is 0 Å². The van der Waals surface area contributed by atoms with Gasteiger partial charge in [0.2, 0.25) is 11.8 Å². The van der Waals surface area contributed by atoms with Gasteiger partial charge in [-0.15, -0.1) is 0 Å². The molecule has 0 aliphatic carbocycles. The molecule has 8 heteroatoms. The Bertz CT molecular complexity index is 971. The van der Waals surface area contributed by atoms with E-state index in [-0.39, 0.29) is 29.9 Å². The highest BCUT2D eigenvalue weighted by Crippen LogP contribution is 2.23. The highest BCUT2D eigenvalue weighted by atomic mass is 35.5. The molecule has 0 bridgehead atoms. The van der Waals surface area contributed by atoms with Gasteiger partial charge in [-0.2, -0.15) is 0 Å². The second-order valence-corrected chi connectivity index (χ2v) is 9.49. The lowest BCUT2D eigenvalue weighted by Crippen LogP contribution is -2.56. The second-order valence-electron chi connectivity index (χ2n) is 8.68. The molecule has 3 atom stereocenters. The maximum Gasteiger partial charge on any atom is 0.234 e. The molecule has 178 valence electrons. The molecule has 0 radical (unpaired) electrons. The Balaban J connectivity index is 1.44. The Labute approximate surface area is 206 Å². The first kappa shape index (κ1) is 25.5. The van der Waals surface area contributed by atoms with E-state index >= 15 is 0 Å². The zero-order valence-electron chi connectivity index (χ0n) is 19.4. The summed E-state index contributed by atoms with van der Waals surface area (Å²) in [5.41, 5.74) is 1.81. The van der Waals surface area contributed by atoms with Crippen LogP contribution in [0.2, 0.25) is 10.0 Å². The average molecular weight is 491 g/mol. The van der Waals surface area contributed by atoms with Crippen molar-refractivity contribution in [2.45, 2.75) is 38.9 Å². The van der Waals surface area contributed by atoms with Gasteiger partial charge in [-0.25, -0.2) is 0 Å². The zero-order valence-corrected chi connectivity index (χ0v) is 20.9. The Morgan fingerprint density at radius 2 is 1.36 bits per heavy atom. The largest absolute Gasteiger partial charge is 0.348 e. The fourth-order valence-electron chi connectivity index (χ4n) is 4.22. The lowest BCUT2D eigenvalue weighted by molar-refractivity contribution is -0.126. The van der Waals surface area contributed by atoms with Crippen LogP contribution in [0.25, 0.3) is 0 Å². The highest BCUT2D eigenvalue weighted by molar-refractivity contribution is 6.31. The van der Waals surface area contributed by atoms with Gasteiger partial charge >= 0.3 is 0 Å². The molecule has 0 saturated carbocycles. The van der Waals surface area contributed by atoms with Crippen molar-refractivity contribution in [1.29, 1.82) is 0 Å².